The monoisotopic (exact) mass is 471 g/mol. The third kappa shape index (κ3) is 4.58. The highest BCUT2D eigenvalue weighted by Crippen LogP contribution is 2.18. The minimum Gasteiger partial charge on any atom is -0.352 e. The van der Waals surface area contributed by atoms with Crippen LogP contribution in [-0.2, 0) is 27.6 Å². The van der Waals surface area contributed by atoms with E-state index < -0.39 is 22.7 Å². The molecule has 3 aromatic heterocycles. The molecule has 1 N–H and O–H groups in total. The second-order valence-corrected chi connectivity index (χ2v) is 9.72. The molecule has 0 aliphatic carbocycles. The molecule has 4 heterocycles. The third-order valence-electron chi connectivity index (χ3n) is 6.58. The Morgan fingerprint density at radius 1 is 1.09 bits per heavy atom. The SMILES string of the molecule is Cn1c(=O)c2c(C(=O)NCC3CCN(CCc4cccs4)CC3)cc(=O)n(C)c2n(C)c1=O. The van der Waals surface area contributed by atoms with Crippen LogP contribution in [0.25, 0.3) is 11.0 Å². The van der Waals surface area contributed by atoms with Crippen LogP contribution in [0.1, 0.15) is 28.1 Å². The molecule has 3 aromatic rings. The standard InChI is InChI=1S/C23H29N5O4S/c1-25-18(29)13-17(19-21(25)26(2)23(32)27(3)22(19)31)20(30)24-14-15-6-9-28(10-7-15)11-8-16-5-4-12-33-16/h4-5,12-13,15H,6-11,14H2,1-3H3,(H,24,30). The molecule has 0 aromatic carbocycles. The molecule has 1 saturated heterocycles. The Morgan fingerprint density at radius 3 is 2.48 bits per heavy atom. The number of carbonyl (C=O) groups is 1. The van der Waals surface area contributed by atoms with Gasteiger partial charge in [-0.25, -0.2) is 4.79 Å². The molecule has 0 atom stereocenters. The highest BCUT2D eigenvalue weighted by molar-refractivity contribution is 7.09. The van der Waals surface area contributed by atoms with Gasteiger partial charge < -0.3 is 10.2 Å². The number of nitrogens with zero attached hydrogens (tertiary/aromatic N) is 4. The number of aromatic nitrogens is 3. The lowest BCUT2D eigenvalue weighted by Gasteiger charge is -2.31. The minimum absolute atomic E-state index is 0.0117. The summed E-state index contributed by atoms with van der Waals surface area (Å²) in [6.45, 7) is 3.51. The predicted octanol–water partition coefficient (Wildman–Crippen LogP) is 0.682. The van der Waals surface area contributed by atoms with Crippen molar-refractivity contribution < 1.29 is 4.79 Å². The maximum atomic E-state index is 13.0. The fraction of sp³-hybridized carbons (Fsp3) is 0.478. The van der Waals surface area contributed by atoms with E-state index in [4.69, 9.17) is 0 Å². The van der Waals surface area contributed by atoms with Crippen LogP contribution >= 0.6 is 11.3 Å². The highest BCUT2D eigenvalue weighted by Gasteiger charge is 2.23. The topological polar surface area (TPSA) is 98.3 Å². The Kier molecular flexibility index (Phi) is 6.66. The van der Waals surface area contributed by atoms with E-state index in [1.807, 2.05) is 0 Å². The van der Waals surface area contributed by atoms with E-state index in [9.17, 15) is 19.2 Å². The van der Waals surface area contributed by atoms with Crippen molar-refractivity contribution in [2.24, 2.45) is 27.1 Å². The van der Waals surface area contributed by atoms with Crippen LogP contribution in [0.3, 0.4) is 0 Å². The zero-order valence-corrected chi connectivity index (χ0v) is 20.0. The Balaban J connectivity index is 1.45. The summed E-state index contributed by atoms with van der Waals surface area (Å²) in [4.78, 5) is 54.5. The van der Waals surface area contributed by atoms with Crippen molar-refractivity contribution in [1.82, 2.24) is 23.9 Å². The van der Waals surface area contributed by atoms with Gasteiger partial charge >= 0.3 is 5.69 Å². The summed E-state index contributed by atoms with van der Waals surface area (Å²) >= 11 is 1.79. The van der Waals surface area contributed by atoms with E-state index in [1.165, 1.54) is 41.2 Å². The molecule has 1 aliphatic heterocycles. The number of piperidine rings is 1. The largest absolute Gasteiger partial charge is 0.352 e. The molecule has 0 radical (unpaired) electrons. The normalized spacial score (nSPS) is 15.2. The smallest absolute Gasteiger partial charge is 0.332 e. The second-order valence-electron chi connectivity index (χ2n) is 8.68. The van der Waals surface area contributed by atoms with Gasteiger partial charge in [0, 0.05) is 45.2 Å². The van der Waals surface area contributed by atoms with Gasteiger partial charge in [0.05, 0.1) is 10.9 Å². The van der Waals surface area contributed by atoms with Gasteiger partial charge in [-0.2, -0.15) is 0 Å². The first-order chi connectivity index (χ1) is 15.8. The molecule has 1 amide bonds. The molecule has 33 heavy (non-hydrogen) atoms. The van der Waals surface area contributed by atoms with Gasteiger partial charge in [-0.3, -0.25) is 28.1 Å². The first-order valence-corrected chi connectivity index (χ1v) is 12.0. The van der Waals surface area contributed by atoms with Gasteiger partial charge in [-0.1, -0.05) is 6.07 Å². The number of aryl methyl sites for hydroxylation is 2. The zero-order valence-electron chi connectivity index (χ0n) is 19.2. The summed E-state index contributed by atoms with van der Waals surface area (Å²) < 4.78 is 3.40. The summed E-state index contributed by atoms with van der Waals surface area (Å²) in [7, 11) is 4.33. The van der Waals surface area contributed by atoms with E-state index in [1.54, 1.807) is 11.3 Å². The number of thiophene rings is 1. The average molecular weight is 472 g/mol. The molecule has 9 nitrogen and oxygen atoms in total. The van der Waals surface area contributed by atoms with Crippen LogP contribution in [0, 0.1) is 5.92 Å². The molecule has 10 heteroatoms. The van der Waals surface area contributed by atoms with Crippen LogP contribution in [0.4, 0.5) is 0 Å². The molecule has 1 aliphatic rings. The lowest BCUT2D eigenvalue weighted by Crippen LogP contribution is -2.42. The maximum Gasteiger partial charge on any atom is 0.332 e. The molecule has 176 valence electrons. The van der Waals surface area contributed by atoms with E-state index >= 15 is 0 Å². The Hall–Kier alpha value is -2.98. The highest BCUT2D eigenvalue weighted by atomic mass is 32.1. The molecule has 0 bridgehead atoms. The van der Waals surface area contributed by atoms with Crippen LogP contribution in [0.2, 0.25) is 0 Å². The molecule has 0 unspecified atom stereocenters. The van der Waals surface area contributed by atoms with Crippen LogP contribution < -0.4 is 22.1 Å². The number of pyridine rings is 1. The molecule has 0 saturated carbocycles. The fourth-order valence-corrected chi connectivity index (χ4v) is 5.21. The van der Waals surface area contributed by atoms with Crippen molar-refractivity contribution >= 4 is 28.3 Å². The summed E-state index contributed by atoms with van der Waals surface area (Å²) in [5, 5.41) is 5.09. The zero-order chi connectivity index (χ0) is 23.7. The Labute approximate surface area is 194 Å². The van der Waals surface area contributed by atoms with Crippen molar-refractivity contribution in [3.8, 4) is 0 Å². The first kappa shape index (κ1) is 23.2. The van der Waals surface area contributed by atoms with Gasteiger partial charge in [0.2, 0.25) is 0 Å². The van der Waals surface area contributed by atoms with Crippen LogP contribution in [-0.4, -0.2) is 50.7 Å². The third-order valence-corrected chi connectivity index (χ3v) is 7.51. The number of hydrogen-bond donors (Lipinski definition) is 1. The molecule has 0 spiro atoms. The lowest BCUT2D eigenvalue weighted by molar-refractivity contribution is 0.0937. The van der Waals surface area contributed by atoms with Gasteiger partial charge in [0.15, 0.2) is 0 Å². The molecule has 1 fully saturated rings. The van der Waals surface area contributed by atoms with Crippen molar-refractivity contribution in [1.29, 1.82) is 0 Å². The fourth-order valence-electron chi connectivity index (χ4n) is 4.51. The number of hydrogen-bond acceptors (Lipinski definition) is 6. The van der Waals surface area contributed by atoms with Crippen LogP contribution in [0.5, 0.6) is 0 Å². The average Bonchev–Trinajstić information content (AvgIpc) is 3.34. The van der Waals surface area contributed by atoms with Crippen molar-refractivity contribution in [3.05, 3.63) is 65.2 Å². The van der Waals surface area contributed by atoms with Gasteiger partial charge in [-0.05, 0) is 49.7 Å². The van der Waals surface area contributed by atoms with Crippen LogP contribution in [0.15, 0.2) is 38.0 Å². The number of rotatable bonds is 6. The minimum atomic E-state index is -0.590. The quantitative estimate of drug-likeness (QED) is 0.570. The summed E-state index contributed by atoms with van der Waals surface area (Å²) in [6.07, 6.45) is 3.03. The van der Waals surface area contributed by atoms with E-state index in [2.05, 4.69) is 27.7 Å². The Bertz CT molecular complexity index is 1340. The van der Waals surface area contributed by atoms with Crippen molar-refractivity contribution in [2.75, 3.05) is 26.2 Å². The first-order valence-electron chi connectivity index (χ1n) is 11.1. The number of nitrogens with one attached hydrogen (secondary N) is 1. The summed E-state index contributed by atoms with van der Waals surface area (Å²) in [6, 6.07) is 5.42. The molecular formula is C23H29N5O4S. The second kappa shape index (κ2) is 9.48. The number of amides is 1. The van der Waals surface area contributed by atoms with Crippen molar-refractivity contribution in [3.63, 3.8) is 0 Å². The van der Waals surface area contributed by atoms with E-state index in [-0.39, 0.29) is 16.6 Å². The van der Waals surface area contributed by atoms with E-state index in [0.29, 0.717) is 12.5 Å². The van der Waals surface area contributed by atoms with Gasteiger partial charge in [0.1, 0.15) is 5.65 Å². The molecule has 4 rings (SSSR count). The molecular weight excluding hydrogens is 442 g/mol. The maximum absolute atomic E-state index is 13.0. The van der Waals surface area contributed by atoms with E-state index in [0.717, 1.165) is 43.5 Å². The summed E-state index contributed by atoms with van der Waals surface area (Å²) in [5.41, 5.74) is -1.44. The number of carbonyl (C=O) groups excluding carboxylic acids is 1. The number of fused-ring (bicyclic) bond motifs is 1. The summed E-state index contributed by atoms with van der Waals surface area (Å²) in [5.74, 6) is -0.120. The van der Waals surface area contributed by atoms with Gasteiger partial charge in [0.25, 0.3) is 17.0 Å². The Morgan fingerprint density at radius 2 is 1.82 bits per heavy atom. The lowest BCUT2D eigenvalue weighted by atomic mass is 9.96. The van der Waals surface area contributed by atoms with Crippen molar-refractivity contribution in [2.45, 2.75) is 19.3 Å². The number of likely N-dealkylation sites (tertiary alicyclic amines) is 1. The van der Waals surface area contributed by atoms with Gasteiger partial charge in [-0.15, -0.1) is 11.3 Å². The predicted molar refractivity (Wildman–Crippen MR) is 129 cm³/mol.